The summed E-state index contributed by atoms with van der Waals surface area (Å²) in [6, 6.07) is 3.38. The van der Waals surface area contributed by atoms with Crippen LogP contribution in [0.15, 0.2) is 17.5 Å². The topological polar surface area (TPSA) is 66.9 Å². The van der Waals surface area contributed by atoms with Crippen LogP contribution in [0.1, 0.15) is 23.1 Å². The molecule has 0 saturated carbocycles. The molecule has 0 radical (unpaired) electrons. The van der Waals surface area contributed by atoms with E-state index in [9.17, 15) is 4.79 Å². The molecule has 1 amide bonds. The Labute approximate surface area is 120 Å². The maximum atomic E-state index is 12.1. The second-order valence-electron chi connectivity index (χ2n) is 3.81. The number of aryl methyl sites for hydroxylation is 1. The summed E-state index contributed by atoms with van der Waals surface area (Å²) in [6.07, 6.45) is 0. The quantitative estimate of drug-likeness (QED) is 0.909. The number of carbonyl (C=O) groups excluding carboxylic acids is 1. The standard InChI is InChI=1S/C12H13ClN4OS/c1-3-14-9-5-4-8(13)10(16-9)11(18)17-12-15-7(2)6-19-12/h4-6H,3H2,1-2H3,(H,14,16)(H,15,17,18). The third-order valence-electron chi connectivity index (χ3n) is 2.26. The molecule has 0 saturated heterocycles. The Bertz CT molecular complexity index is 599. The highest BCUT2D eigenvalue weighted by Gasteiger charge is 2.14. The molecule has 0 bridgehead atoms. The Kier molecular flexibility index (Phi) is 4.34. The van der Waals surface area contributed by atoms with E-state index in [0.717, 1.165) is 12.2 Å². The fraction of sp³-hybridized carbons (Fsp3) is 0.250. The number of anilines is 2. The number of amides is 1. The Morgan fingerprint density at radius 3 is 2.84 bits per heavy atom. The molecule has 0 spiro atoms. The maximum Gasteiger partial charge on any atom is 0.277 e. The molecule has 5 nitrogen and oxygen atoms in total. The van der Waals surface area contributed by atoms with Crippen molar-refractivity contribution in [3.8, 4) is 0 Å². The van der Waals surface area contributed by atoms with Crippen molar-refractivity contribution in [1.29, 1.82) is 0 Å². The highest BCUT2D eigenvalue weighted by Crippen LogP contribution is 2.20. The summed E-state index contributed by atoms with van der Waals surface area (Å²) in [5, 5.41) is 8.43. The summed E-state index contributed by atoms with van der Waals surface area (Å²) in [4.78, 5) is 20.4. The van der Waals surface area contributed by atoms with E-state index >= 15 is 0 Å². The Hall–Kier alpha value is -1.66. The van der Waals surface area contributed by atoms with Crippen LogP contribution < -0.4 is 10.6 Å². The van der Waals surface area contributed by atoms with E-state index in [1.165, 1.54) is 11.3 Å². The summed E-state index contributed by atoms with van der Waals surface area (Å²) in [6.45, 7) is 4.54. The van der Waals surface area contributed by atoms with E-state index in [1.54, 1.807) is 12.1 Å². The molecule has 2 heterocycles. The molecule has 0 aliphatic heterocycles. The van der Waals surface area contributed by atoms with Gasteiger partial charge in [-0.25, -0.2) is 9.97 Å². The zero-order chi connectivity index (χ0) is 13.8. The monoisotopic (exact) mass is 296 g/mol. The largest absolute Gasteiger partial charge is 0.370 e. The molecular formula is C12H13ClN4OS. The van der Waals surface area contributed by atoms with Crippen LogP contribution in [0.2, 0.25) is 5.02 Å². The maximum absolute atomic E-state index is 12.1. The Morgan fingerprint density at radius 2 is 2.21 bits per heavy atom. The molecule has 100 valence electrons. The normalized spacial score (nSPS) is 10.3. The van der Waals surface area contributed by atoms with Crippen LogP contribution >= 0.6 is 22.9 Å². The predicted octanol–water partition coefficient (Wildman–Crippen LogP) is 3.18. The fourth-order valence-corrected chi connectivity index (χ4v) is 2.32. The van der Waals surface area contributed by atoms with Crippen LogP contribution in [0.25, 0.3) is 0 Å². The van der Waals surface area contributed by atoms with Crippen LogP contribution in [0, 0.1) is 6.92 Å². The SMILES string of the molecule is CCNc1ccc(Cl)c(C(=O)Nc2nc(C)cs2)n1. The minimum Gasteiger partial charge on any atom is -0.370 e. The van der Waals surface area contributed by atoms with Crippen LogP contribution in [0.3, 0.4) is 0 Å². The fourth-order valence-electron chi connectivity index (χ4n) is 1.45. The molecule has 0 fully saturated rings. The number of nitrogens with zero attached hydrogens (tertiary/aromatic N) is 2. The molecule has 2 N–H and O–H groups in total. The van der Waals surface area contributed by atoms with E-state index in [0.29, 0.717) is 16.0 Å². The van der Waals surface area contributed by atoms with Gasteiger partial charge in [0.15, 0.2) is 5.13 Å². The molecule has 0 aliphatic carbocycles. The van der Waals surface area contributed by atoms with E-state index in [4.69, 9.17) is 11.6 Å². The Balaban J connectivity index is 2.20. The number of thiazole rings is 1. The third kappa shape index (κ3) is 3.42. The first kappa shape index (κ1) is 13.8. The number of rotatable bonds is 4. The summed E-state index contributed by atoms with van der Waals surface area (Å²) < 4.78 is 0. The lowest BCUT2D eigenvalue weighted by atomic mass is 10.3. The number of carbonyl (C=O) groups is 1. The first-order valence-corrected chi connectivity index (χ1v) is 6.99. The van der Waals surface area contributed by atoms with Gasteiger partial charge in [-0.3, -0.25) is 10.1 Å². The summed E-state index contributed by atoms with van der Waals surface area (Å²) in [5.41, 5.74) is 1.05. The third-order valence-corrected chi connectivity index (χ3v) is 3.44. The summed E-state index contributed by atoms with van der Waals surface area (Å²) in [5.74, 6) is 0.256. The van der Waals surface area contributed by atoms with Crippen molar-refractivity contribution in [1.82, 2.24) is 9.97 Å². The molecule has 0 aliphatic rings. The minimum atomic E-state index is -0.362. The smallest absolute Gasteiger partial charge is 0.277 e. The van der Waals surface area contributed by atoms with E-state index in [-0.39, 0.29) is 11.6 Å². The van der Waals surface area contributed by atoms with Crippen molar-refractivity contribution in [2.75, 3.05) is 17.2 Å². The molecule has 2 aromatic heterocycles. The molecule has 0 atom stereocenters. The van der Waals surface area contributed by atoms with Crippen molar-refractivity contribution >= 4 is 39.8 Å². The van der Waals surface area contributed by atoms with Gasteiger partial charge in [0, 0.05) is 11.9 Å². The molecule has 0 unspecified atom stereocenters. The van der Waals surface area contributed by atoms with E-state index in [1.807, 2.05) is 19.2 Å². The van der Waals surface area contributed by atoms with Crippen LogP contribution in [0.5, 0.6) is 0 Å². The van der Waals surface area contributed by atoms with Crippen molar-refractivity contribution in [3.05, 3.63) is 33.9 Å². The number of aromatic nitrogens is 2. The van der Waals surface area contributed by atoms with Crippen LogP contribution in [-0.4, -0.2) is 22.4 Å². The average molecular weight is 297 g/mol. The van der Waals surface area contributed by atoms with Crippen LogP contribution in [-0.2, 0) is 0 Å². The highest BCUT2D eigenvalue weighted by molar-refractivity contribution is 7.13. The minimum absolute atomic E-state index is 0.188. The van der Waals surface area contributed by atoms with Gasteiger partial charge in [0.2, 0.25) is 0 Å². The number of hydrogen-bond donors (Lipinski definition) is 2. The molecule has 19 heavy (non-hydrogen) atoms. The van der Waals surface area contributed by atoms with Crippen molar-refractivity contribution in [3.63, 3.8) is 0 Å². The van der Waals surface area contributed by atoms with E-state index < -0.39 is 0 Å². The summed E-state index contributed by atoms with van der Waals surface area (Å²) >= 11 is 7.36. The lowest BCUT2D eigenvalue weighted by Crippen LogP contribution is -2.15. The zero-order valence-corrected chi connectivity index (χ0v) is 12.1. The van der Waals surface area contributed by atoms with Crippen molar-refractivity contribution in [2.24, 2.45) is 0 Å². The van der Waals surface area contributed by atoms with Crippen LogP contribution in [0.4, 0.5) is 10.9 Å². The van der Waals surface area contributed by atoms with Gasteiger partial charge in [0.05, 0.1) is 10.7 Å². The lowest BCUT2D eigenvalue weighted by molar-refractivity contribution is 0.102. The lowest BCUT2D eigenvalue weighted by Gasteiger charge is -2.07. The second-order valence-corrected chi connectivity index (χ2v) is 5.07. The van der Waals surface area contributed by atoms with Gasteiger partial charge >= 0.3 is 0 Å². The summed E-state index contributed by atoms with van der Waals surface area (Å²) in [7, 11) is 0. The predicted molar refractivity (Wildman–Crippen MR) is 78.2 cm³/mol. The highest BCUT2D eigenvalue weighted by atomic mass is 35.5. The zero-order valence-electron chi connectivity index (χ0n) is 10.5. The molecule has 2 aromatic rings. The number of halogens is 1. The average Bonchev–Trinajstić information content (AvgIpc) is 2.77. The number of hydrogen-bond acceptors (Lipinski definition) is 5. The number of nitrogens with one attached hydrogen (secondary N) is 2. The second kappa shape index (κ2) is 5.99. The van der Waals surface area contributed by atoms with Gasteiger partial charge in [-0.05, 0) is 26.0 Å². The molecule has 0 aromatic carbocycles. The van der Waals surface area contributed by atoms with Gasteiger partial charge in [0.1, 0.15) is 11.5 Å². The Morgan fingerprint density at radius 1 is 1.42 bits per heavy atom. The van der Waals surface area contributed by atoms with Gasteiger partial charge in [0.25, 0.3) is 5.91 Å². The van der Waals surface area contributed by atoms with E-state index in [2.05, 4.69) is 20.6 Å². The van der Waals surface area contributed by atoms with Crippen molar-refractivity contribution in [2.45, 2.75) is 13.8 Å². The van der Waals surface area contributed by atoms with Gasteiger partial charge in [-0.15, -0.1) is 11.3 Å². The first-order valence-electron chi connectivity index (χ1n) is 5.74. The van der Waals surface area contributed by atoms with Gasteiger partial charge in [-0.1, -0.05) is 11.6 Å². The molecular weight excluding hydrogens is 284 g/mol. The number of pyridine rings is 1. The van der Waals surface area contributed by atoms with Crippen molar-refractivity contribution < 1.29 is 4.79 Å². The van der Waals surface area contributed by atoms with Gasteiger partial charge < -0.3 is 5.32 Å². The van der Waals surface area contributed by atoms with Gasteiger partial charge in [-0.2, -0.15) is 0 Å². The molecule has 7 heteroatoms. The first-order chi connectivity index (χ1) is 9.10. The molecule has 2 rings (SSSR count).